The van der Waals surface area contributed by atoms with E-state index in [0.29, 0.717) is 10.2 Å². The van der Waals surface area contributed by atoms with Crippen LogP contribution in [0.4, 0.5) is 5.69 Å². The normalized spacial score (nSPS) is 18.4. The van der Waals surface area contributed by atoms with E-state index in [2.05, 4.69) is 20.7 Å². The first-order valence-corrected chi connectivity index (χ1v) is 7.19. The van der Waals surface area contributed by atoms with Crippen LogP contribution in [0.25, 0.3) is 0 Å². The van der Waals surface area contributed by atoms with Crippen LogP contribution >= 0.6 is 15.9 Å². The lowest BCUT2D eigenvalue weighted by Gasteiger charge is -2.13. The molecule has 0 aliphatic heterocycles. The van der Waals surface area contributed by atoms with E-state index < -0.39 is 10.0 Å². The summed E-state index contributed by atoms with van der Waals surface area (Å²) in [6.45, 7) is 1.90. The molecule has 0 atom stereocenters. The van der Waals surface area contributed by atoms with E-state index in [1.807, 2.05) is 6.92 Å². The highest BCUT2D eigenvalue weighted by molar-refractivity contribution is 9.10. The summed E-state index contributed by atoms with van der Waals surface area (Å²) in [7, 11) is -3.46. The number of hydrogen-bond donors (Lipinski definition) is 2. The molecule has 0 unspecified atom stereocenters. The maximum Gasteiger partial charge on any atom is 0.242 e. The fourth-order valence-electron chi connectivity index (χ4n) is 1.40. The van der Waals surface area contributed by atoms with Crippen molar-refractivity contribution < 1.29 is 8.42 Å². The Morgan fingerprint density at radius 3 is 2.56 bits per heavy atom. The van der Waals surface area contributed by atoms with Gasteiger partial charge in [0.1, 0.15) is 0 Å². The van der Waals surface area contributed by atoms with E-state index in [1.165, 1.54) is 6.07 Å². The molecule has 0 saturated heterocycles. The summed E-state index contributed by atoms with van der Waals surface area (Å²) in [5.74, 6) is 0. The third-order valence-corrected chi connectivity index (χ3v) is 5.24. The number of nitrogens with one attached hydrogen (secondary N) is 1. The average molecular weight is 305 g/mol. The monoisotopic (exact) mass is 304 g/mol. The summed E-state index contributed by atoms with van der Waals surface area (Å²) in [6, 6.07) is 4.67. The zero-order valence-electron chi connectivity index (χ0n) is 8.83. The predicted molar refractivity (Wildman–Crippen MR) is 66.5 cm³/mol. The van der Waals surface area contributed by atoms with Crippen LogP contribution < -0.4 is 10.5 Å². The Bertz CT molecular complexity index is 524. The van der Waals surface area contributed by atoms with Crippen molar-refractivity contribution in [2.24, 2.45) is 0 Å². The van der Waals surface area contributed by atoms with Crippen LogP contribution in [-0.4, -0.2) is 14.0 Å². The quantitative estimate of drug-likeness (QED) is 0.837. The van der Waals surface area contributed by atoms with E-state index in [0.717, 1.165) is 12.8 Å². The van der Waals surface area contributed by atoms with Gasteiger partial charge in [-0.3, -0.25) is 0 Å². The average Bonchev–Trinajstić information content (AvgIpc) is 2.80. The van der Waals surface area contributed by atoms with E-state index in [1.54, 1.807) is 12.1 Å². The van der Waals surface area contributed by atoms with Crippen LogP contribution in [0.3, 0.4) is 0 Å². The first-order chi connectivity index (χ1) is 7.32. The second kappa shape index (κ2) is 3.72. The van der Waals surface area contributed by atoms with Gasteiger partial charge < -0.3 is 5.73 Å². The third-order valence-electron chi connectivity index (χ3n) is 2.63. The second-order valence-electron chi connectivity index (χ2n) is 4.36. The molecule has 0 heterocycles. The van der Waals surface area contributed by atoms with Gasteiger partial charge in [0.15, 0.2) is 0 Å². The fourth-order valence-corrected chi connectivity index (χ4v) is 3.97. The largest absolute Gasteiger partial charge is 0.399 e. The molecule has 88 valence electrons. The number of nitrogens with two attached hydrogens (primary N) is 1. The lowest BCUT2D eigenvalue weighted by atomic mass is 10.3. The van der Waals surface area contributed by atoms with Crippen LogP contribution in [0.2, 0.25) is 0 Å². The smallest absolute Gasteiger partial charge is 0.242 e. The van der Waals surface area contributed by atoms with Gasteiger partial charge in [-0.1, -0.05) is 0 Å². The first-order valence-electron chi connectivity index (χ1n) is 4.91. The van der Waals surface area contributed by atoms with Gasteiger partial charge in [0.25, 0.3) is 0 Å². The molecule has 1 aliphatic rings. The molecule has 1 aliphatic carbocycles. The van der Waals surface area contributed by atoms with Crippen LogP contribution in [-0.2, 0) is 10.0 Å². The summed E-state index contributed by atoms with van der Waals surface area (Å²) >= 11 is 3.21. The Balaban J connectivity index is 2.35. The molecule has 2 rings (SSSR count). The zero-order valence-corrected chi connectivity index (χ0v) is 11.2. The molecule has 1 aromatic carbocycles. The van der Waals surface area contributed by atoms with Crippen LogP contribution in [0.15, 0.2) is 27.6 Å². The van der Waals surface area contributed by atoms with Gasteiger partial charge in [0, 0.05) is 15.7 Å². The minimum Gasteiger partial charge on any atom is -0.399 e. The van der Waals surface area contributed by atoms with Crippen LogP contribution in [0.5, 0.6) is 0 Å². The van der Waals surface area contributed by atoms with Crippen LogP contribution in [0, 0.1) is 0 Å². The van der Waals surface area contributed by atoms with Crippen molar-refractivity contribution in [3.63, 3.8) is 0 Å². The van der Waals surface area contributed by atoms with E-state index >= 15 is 0 Å². The summed E-state index contributed by atoms with van der Waals surface area (Å²) in [4.78, 5) is 0.231. The van der Waals surface area contributed by atoms with Gasteiger partial charge in [0.2, 0.25) is 10.0 Å². The van der Waals surface area contributed by atoms with Crippen molar-refractivity contribution in [1.82, 2.24) is 4.72 Å². The molecule has 0 bridgehead atoms. The van der Waals surface area contributed by atoms with E-state index in [4.69, 9.17) is 5.73 Å². The van der Waals surface area contributed by atoms with Crippen molar-refractivity contribution >= 4 is 31.6 Å². The standard InChI is InChI=1S/C10H13BrN2O2S/c1-10(4-5-10)13-16(14,15)9-3-2-7(12)6-8(9)11/h2-3,6,13H,4-5,12H2,1H3. The molecule has 0 aromatic heterocycles. The summed E-state index contributed by atoms with van der Waals surface area (Å²) in [6.07, 6.45) is 1.78. The number of benzene rings is 1. The van der Waals surface area contributed by atoms with Gasteiger partial charge in [-0.15, -0.1) is 0 Å². The van der Waals surface area contributed by atoms with Crippen LogP contribution in [0.1, 0.15) is 19.8 Å². The molecule has 1 saturated carbocycles. The molecule has 0 amide bonds. The highest BCUT2D eigenvalue weighted by Crippen LogP contribution is 2.36. The van der Waals surface area contributed by atoms with E-state index in [9.17, 15) is 8.42 Å². The Hall–Kier alpha value is -0.590. The molecule has 3 N–H and O–H groups in total. The maximum atomic E-state index is 12.0. The highest BCUT2D eigenvalue weighted by atomic mass is 79.9. The first kappa shape index (κ1) is 11.9. The summed E-state index contributed by atoms with van der Waals surface area (Å²) < 4.78 is 27.3. The van der Waals surface area contributed by atoms with Crippen molar-refractivity contribution in [3.8, 4) is 0 Å². The molecule has 4 nitrogen and oxygen atoms in total. The van der Waals surface area contributed by atoms with Gasteiger partial charge in [-0.25, -0.2) is 13.1 Å². The van der Waals surface area contributed by atoms with Gasteiger partial charge in [-0.2, -0.15) is 0 Å². The minimum atomic E-state index is -3.46. The SMILES string of the molecule is CC1(NS(=O)(=O)c2ccc(N)cc2Br)CC1. The Kier molecular flexibility index (Phi) is 2.76. The van der Waals surface area contributed by atoms with Gasteiger partial charge in [0.05, 0.1) is 4.90 Å². The predicted octanol–water partition coefficient (Wildman–Crippen LogP) is 1.86. The third kappa shape index (κ3) is 2.39. The molecular formula is C10H13BrN2O2S. The topological polar surface area (TPSA) is 72.2 Å². The van der Waals surface area contributed by atoms with Gasteiger partial charge >= 0.3 is 0 Å². The number of halogens is 1. The second-order valence-corrected chi connectivity index (χ2v) is 6.86. The minimum absolute atomic E-state index is 0.231. The zero-order chi connectivity index (χ0) is 12.0. The molecule has 16 heavy (non-hydrogen) atoms. The Morgan fingerprint density at radius 2 is 2.06 bits per heavy atom. The fraction of sp³-hybridized carbons (Fsp3) is 0.400. The van der Waals surface area contributed by atoms with Crippen molar-refractivity contribution in [2.75, 3.05) is 5.73 Å². The Morgan fingerprint density at radius 1 is 1.44 bits per heavy atom. The van der Waals surface area contributed by atoms with Crippen molar-refractivity contribution in [1.29, 1.82) is 0 Å². The number of hydrogen-bond acceptors (Lipinski definition) is 3. The summed E-state index contributed by atoms with van der Waals surface area (Å²) in [5.41, 5.74) is 5.83. The van der Waals surface area contributed by atoms with Gasteiger partial charge in [-0.05, 0) is 53.9 Å². The molecule has 0 radical (unpaired) electrons. The molecule has 1 aromatic rings. The van der Waals surface area contributed by atoms with E-state index in [-0.39, 0.29) is 10.4 Å². The highest BCUT2D eigenvalue weighted by Gasteiger charge is 2.41. The number of rotatable bonds is 3. The number of nitrogen functional groups attached to an aromatic ring is 1. The molecule has 1 fully saturated rings. The lowest BCUT2D eigenvalue weighted by Crippen LogP contribution is -2.34. The summed E-state index contributed by atoms with van der Waals surface area (Å²) in [5, 5.41) is 0. The number of sulfonamides is 1. The lowest BCUT2D eigenvalue weighted by molar-refractivity contribution is 0.557. The number of anilines is 1. The maximum absolute atomic E-state index is 12.0. The molecular weight excluding hydrogens is 292 g/mol. The van der Waals surface area contributed by atoms with Crippen molar-refractivity contribution in [3.05, 3.63) is 22.7 Å². The van der Waals surface area contributed by atoms with Crippen molar-refractivity contribution in [2.45, 2.75) is 30.2 Å². The Labute approximate surface area is 103 Å². The molecule has 0 spiro atoms. The molecule has 6 heteroatoms.